The first kappa shape index (κ1) is 24.4. The van der Waals surface area contributed by atoms with Crippen LogP contribution in [0, 0.1) is 23.2 Å². The van der Waals surface area contributed by atoms with Crippen LogP contribution in [-0.4, -0.2) is 53.5 Å². The Hall–Kier alpha value is -3.68. The number of sulfonamides is 1. The van der Waals surface area contributed by atoms with E-state index in [1.807, 2.05) is 26.0 Å². The smallest absolute Gasteiger partial charge is 0.338 e. The topological polar surface area (TPSA) is 136 Å². The van der Waals surface area contributed by atoms with E-state index in [1.165, 1.54) is 28.6 Å². The van der Waals surface area contributed by atoms with Gasteiger partial charge in [0.05, 0.1) is 21.5 Å². The summed E-state index contributed by atoms with van der Waals surface area (Å²) in [5.41, 5.74) is 1.31. The molecule has 1 aromatic heterocycles. The Bertz CT molecular complexity index is 1380. The molecule has 3 aromatic rings. The Balaban J connectivity index is 1.45. The molecule has 0 aliphatic carbocycles. The van der Waals surface area contributed by atoms with Crippen molar-refractivity contribution in [3.05, 3.63) is 65.7 Å². The SMILES string of the molecule is C[C@H]1C[C@H](C)CN(S(=O)(=O)c2ccc(C(=O)OCC(O)=C(C#N)c3nc4ccccc4[nH]3)cc2)C1. The summed E-state index contributed by atoms with van der Waals surface area (Å²) in [6.07, 6.45) is 0.988. The number of aliphatic hydroxyl groups excluding tert-OH is 1. The second-order valence-electron chi connectivity index (χ2n) is 8.90. The highest BCUT2D eigenvalue weighted by atomic mass is 32.2. The molecule has 1 aliphatic rings. The number of nitrogens with one attached hydrogen (secondary N) is 1. The lowest BCUT2D eigenvalue weighted by atomic mass is 9.94. The van der Waals surface area contributed by atoms with Gasteiger partial charge < -0.3 is 14.8 Å². The second-order valence-corrected chi connectivity index (χ2v) is 10.8. The van der Waals surface area contributed by atoms with Crippen molar-refractivity contribution < 1.29 is 23.1 Å². The number of fused-ring (bicyclic) bond motifs is 1. The van der Waals surface area contributed by atoms with Crippen LogP contribution in [0.2, 0.25) is 0 Å². The number of benzene rings is 2. The van der Waals surface area contributed by atoms with E-state index in [2.05, 4.69) is 9.97 Å². The number of esters is 1. The number of imidazole rings is 1. The van der Waals surface area contributed by atoms with Crippen LogP contribution >= 0.6 is 0 Å². The molecule has 182 valence electrons. The molecule has 1 saturated heterocycles. The van der Waals surface area contributed by atoms with Crippen molar-refractivity contribution in [3.8, 4) is 6.07 Å². The maximum absolute atomic E-state index is 13.0. The molecule has 0 amide bonds. The highest BCUT2D eigenvalue weighted by Crippen LogP contribution is 2.27. The summed E-state index contributed by atoms with van der Waals surface area (Å²) >= 11 is 0. The zero-order valence-electron chi connectivity index (χ0n) is 19.4. The monoisotopic (exact) mass is 494 g/mol. The zero-order valence-corrected chi connectivity index (χ0v) is 20.2. The van der Waals surface area contributed by atoms with Gasteiger partial charge in [-0.15, -0.1) is 0 Å². The van der Waals surface area contributed by atoms with E-state index in [-0.39, 0.29) is 33.7 Å². The van der Waals surface area contributed by atoms with Crippen molar-refractivity contribution in [2.45, 2.75) is 25.2 Å². The molecule has 10 heteroatoms. The van der Waals surface area contributed by atoms with Gasteiger partial charge in [0, 0.05) is 13.1 Å². The molecule has 2 aromatic carbocycles. The van der Waals surface area contributed by atoms with Gasteiger partial charge in [-0.05, 0) is 54.7 Å². The minimum atomic E-state index is -3.67. The van der Waals surface area contributed by atoms with Crippen LogP contribution in [0.1, 0.15) is 36.5 Å². The average Bonchev–Trinajstić information content (AvgIpc) is 3.26. The van der Waals surface area contributed by atoms with E-state index >= 15 is 0 Å². The number of rotatable bonds is 6. The Morgan fingerprint density at radius 3 is 2.46 bits per heavy atom. The number of aromatic nitrogens is 2. The molecule has 35 heavy (non-hydrogen) atoms. The van der Waals surface area contributed by atoms with E-state index in [4.69, 9.17) is 4.74 Å². The van der Waals surface area contributed by atoms with Gasteiger partial charge in [0.25, 0.3) is 0 Å². The molecule has 9 nitrogen and oxygen atoms in total. The number of nitriles is 1. The number of H-pyrrole nitrogens is 1. The number of carbonyl (C=O) groups excluding carboxylic acids is 1. The minimum Gasteiger partial charge on any atom is -0.507 e. The molecule has 1 aliphatic heterocycles. The van der Waals surface area contributed by atoms with Crippen LogP contribution in [0.3, 0.4) is 0 Å². The van der Waals surface area contributed by atoms with Gasteiger partial charge in [-0.1, -0.05) is 26.0 Å². The number of carbonyl (C=O) groups is 1. The molecule has 0 unspecified atom stereocenters. The van der Waals surface area contributed by atoms with E-state index in [0.29, 0.717) is 24.1 Å². The van der Waals surface area contributed by atoms with Gasteiger partial charge in [-0.3, -0.25) is 0 Å². The summed E-state index contributed by atoms with van der Waals surface area (Å²) < 4.78 is 32.7. The number of hydrogen-bond donors (Lipinski definition) is 2. The normalized spacial score (nSPS) is 19.7. The predicted molar refractivity (Wildman–Crippen MR) is 130 cm³/mol. The lowest BCUT2D eigenvalue weighted by Gasteiger charge is -2.34. The van der Waals surface area contributed by atoms with Crippen LogP contribution < -0.4 is 0 Å². The molecule has 2 N–H and O–H groups in total. The van der Waals surface area contributed by atoms with Crippen LogP contribution in [-0.2, 0) is 14.8 Å². The first-order valence-corrected chi connectivity index (χ1v) is 12.7. The molecule has 0 saturated carbocycles. The Kier molecular flexibility index (Phi) is 6.91. The Labute approximate surface area is 203 Å². The standard InChI is InChI=1S/C25H26N4O5S/c1-16-11-17(2)14-29(13-16)35(32,33)19-9-7-18(8-10-19)25(31)34-15-23(30)20(12-26)24-27-21-5-3-4-6-22(21)28-24/h3-10,16-17,30H,11,13-15H2,1-2H3,(H,27,28)/t16-,17-/m0/s1. The van der Waals surface area contributed by atoms with E-state index in [9.17, 15) is 23.6 Å². The van der Waals surface area contributed by atoms with Gasteiger partial charge >= 0.3 is 5.97 Å². The van der Waals surface area contributed by atoms with E-state index in [1.54, 1.807) is 18.2 Å². The van der Waals surface area contributed by atoms with Crippen LogP contribution in [0.5, 0.6) is 0 Å². The molecule has 2 heterocycles. The molecule has 0 radical (unpaired) electrons. The van der Waals surface area contributed by atoms with Gasteiger partial charge in [0.1, 0.15) is 18.2 Å². The largest absolute Gasteiger partial charge is 0.507 e. The summed E-state index contributed by atoms with van der Waals surface area (Å²) in [7, 11) is -3.67. The van der Waals surface area contributed by atoms with Crippen molar-refractivity contribution in [1.29, 1.82) is 5.26 Å². The number of ether oxygens (including phenoxy) is 1. The number of allylic oxidation sites excluding steroid dienone is 1. The summed E-state index contributed by atoms with van der Waals surface area (Å²) in [6, 6.07) is 14.5. The summed E-state index contributed by atoms with van der Waals surface area (Å²) in [6.45, 7) is 4.46. The molecular formula is C25H26N4O5S. The number of nitrogens with zero attached hydrogens (tertiary/aromatic N) is 3. The summed E-state index contributed by atoms with van der Waals surface area (Å²) in [5, 5.41) is 19.8. The fourth-order valence-electron chi connectivity index (χ4n) is 4.33. The number of aromatic amines is 1. The van der Waals surface area contributed by atoms with Crippen molar-refractivity contribution in [3.63, 3.8) is 0 Å². The highest BCUT2D eigenvalue weighted by molar-refractivity contribution is 7.89. The van der Waals surface area contributed by atoms with Gasteiger partial charge in [-0.25, -0.2) is 18.2 Å². The van der Waals surface area contributed by atoms with E-state index < -0.39 is 28.4 Å². The fourth-order valence-corrected chi connectivity index (χ4v) is 6.01. The van der Waals surface area contributed by atoms with Gasteiger partial charge in [-0.2, -0.15) is 9.57 Å². The lowest BCUT2D eigenvalue weighted by molar-refractivity contribution is 0.0502. The van der Waals surface area contributed by atoms with Gasteiger partial charge in [0.15, 0.2) is 11.6 Å². The number of aliphatic hydroxyl groups is 1. The highest BCUT2D eigenvalue weighted by Gasteiger charge is 2.31. The Morgan fingerprint density at radius 2 is 1.83 bits per heavy atom. The first-order valence-electron chi connectivity index (χ1n) is 11.2. The molecule has 2 atom stereocenters. The molecule has 1 fully saturated rings. The van der Waals surface area contributed by atoms with Crippen LogP contribution in [0.15, 0.2) is 59.2 Å². The third-order valence-electron chi connectivity index (χ3n) is 5.93. The maximum Gasteiger partial charge on any atom is 0.338 e. The third kappa shape index (κ3) is 5.21. The maximum atomic E-state index is 13.0. The summed E-state index contributed by atoms with van der Waals surface area (Å²) in [5.74, 6) is -0.490. The van der Waals surface area contributed by atoms with Crippen molar-refractivity contribution in [2.75, 3.05) is 19.7 Å². The quantitative estimate of drug-likeness (QED) is 0.301. The van der Waals surface area contributed by atoms with Crippen molar-refractivity contribution >= 4 is 32.6 Å². The van der Waals surface area contributed by atoms with E-state index in [0.717, 1.165) is 6.42 Å². The van der Waals surface area contributed by atoms with Crippen LogP contribution in [0.25, 0.3) is 16.6 Å². The number of hydrogen-bond acceptors (Lipinski definition) is 7. The van der Waals surface area contributed by atoms with Crippen molar-refractivity contribution in [2.24, 2.45) is 11.8 Å². The molecular weight excluding hydrogens is 468 g/mol. The molecule has 0 spiro atoms. The zero-order chi connectivity index (χ0) is 25.2. The Morgan fingerprint density at radius 1 is 1.17 bits per heavy atom. The summed E-state index contributed by atoms with van der Waals surface area (Å²) in [4.78, 5) is 19.8. The third-order valence-corrected chi connectivity index (χ3v) is 7.78. The predicted octanol–water partition coefficient (Wildman–Crippen LogP) is 3.88. The molecule has 0 bridgehead atoms. The van der Waals surface area contributed by atoms with Gasteiger partial charge in [0.2, 0.25) is 10.0 Å². The minimum absolute atomic E-state index is 0.106. The lowest BCUT2D eigenvalue weighted by Crippen LogP contribution is -2.42. The van der Waals surface area contributed by atoms with Crippen molar-refractivity contribution in [1.82, 2.24) is 14.3 Å². The first-order chi connectivity index (χ1) is 16.7. The van der Waals surface area contributed by atoms with Crippen LogP contribution in [0.4, 0.5) is 0 Å². The fraction of sp³-hybridized carbons (Fsp3) is 0.320. The second kappa shape index (κ2) is 9.90. The number of para-hydroxylation sites is 2. The molecule has 4 rings (SSSR count). The number of piperidine rings is 1. The average molecular weight is 495 g/mol.